The minimum Gasteiger partial charge on any atom is -0.467 e. The molecule has 2 heterocycles. The largest absolute Gasteiger partial charge is 0.467 e. The summed E-state index contributed by atoms with van der Waals surface area (Å²) in [5.74, 6) is -0.684. The number of ether oxygens (including phenoxy) is 1. The quantitative estimate of drug-likeness (QED) is 0.230. The molecule has 0 spiro atoms. The van der Waals surface area contributed by atoms with E-state index in [0.717, 1.165) is 67.6 Å². The molecule has 1 saturated heterocycles. The fraction of sp³-hybridized carbons (Fsp3) is 0.406. The minimum atomic E-state index is -4.50. The number of nitrogens with two attached hydrogens (primary N) is 1. The Hall–Kier alpha value is -3.72. The molecule has 6 nitrogen and oxygen atoms in total. The molecule has 2 aliphatic rings. The van der Waals surface area contributed by atoms with Gasteiger partial charge in [-0.1, -0.05) is 55.0 Å². The molecule has 0 bridgehead atoms. The number of hydrogen-bond acceptors (Lipinski definition) is 5. The van der Waals surface area contributed by atoms with Crippen molar-refractivity contribution in [3.05, 3.63) is 83.6 Å². The molecule has 41 heavy (non-hydrogen) atoms. The molecule has 0 radical (unpaired) electrons. The van der Waals surface area contributed by atoms with Crippen molar-refractivity contribution in [2.24, 2.45) is 11.7 Å². The van der Waals surface area contributed by atoms with Gasteiger partial charge >= 0.3 is 6.18 Å². The second-order valence-electron chi connectivity index (χ2n) is 11.0. The lowest BCUT2D eigenvalue weighted by Gasteiger charge is -2.32. The van der Waals surface area contributed by atoms with Crippen molar-refractivity contribution in [3.8, 4) is 17.0 Å². The summed E-state index contributed by atoms with van der Waals surface area (Å²) < 4.78 is 42.5. The molecule has 5 rings (SSSR count). The first kappa shape index (κ1) is 28.8. The molecule has 3 aromatic rings. The number of benzene rings is 2. The molecule has 216 valence electrons. The van der Waals surface area contributed by atoms with Gasteiger partial charge in [0.25, 0.3) is 0 Å². The maximum absolute atomic E-state index is 13.0. The third-order valence-electron chi connectivity index (χ3n) is 8.39. The van der Waals surface area contributed by atoms with Crippen LogP contribution in [-0.4, -0.2) is 54.0 Å². The minimum absolute atomic E-state index is 0.0950. The van der Waals surface area contributed by atoms with Gasteiger partial charge in [-0.2, -0.15) is 13.2 Å². The van der Waals surface area contributed by atoms with Crippen LogP contribution >= 0.6 is 0 Å². The Morgan fingerprint density at radius 1 is 0.951 bits per heavy atom. The van der Waals surface area contributed by atoms with Gasteiger partial charge < -0.3 is 15.4 Å². The predicted octanol–water partition coefficient (Wildman–Crippen LogP) is 5.93. The number of carbonyl (C=O) groups is 2. The summed E-state index contributed by atoms with van der Waals surface area (Å²) in [6, 6.07) is 19.0. The van der Waals surface area contributed by atoms with Gasteiger partial charge in [-0.3, -0.25) is 9.59 Å². The second-order valence-corrected chi connectivity index (χ2v) is 11.0. The monoisotopic (exact) mass is 565 g/mol. The number of piperidine rings is 1. The number of Topliss-reactive ketones (excluding diaryl/α,β-unsaturated/α-hetero) is 1. The average molecular weight is 566 g/mol. The Morgan fingerprint density at radius 2 is 1.59 bits per heavy atom. The fourth-order valence-electron chi connectivity index (χ4n) is 6.36. The smallest absolute Gasteiger partial charge is 0.422 e. The number of unbranched alkanes of at least 4 members (excludes halogenated alkanes) is 1. The topological polar surface area (TPSA) is 85.5 Å². The molecule has 1 aromatic heterocycles. The van der Waals surface area contributed by atoms with E-state index < -0.39 is 18.2 Å². The number of ketones is 1. The lowest BCUT2D eigenvalue weighted by atomic mass is 9.73. The lowest BCUT2D eigenvalue weighted by Crippen LogP contribution is -2.41. The summed E-state index contributed by atoms with van der Waals surface area (Å²) in [5.41, 5.74) is 9.48. The van der Waals surface area contributed by atoms with Crippen molar-refractivity contribution < 1.29 is 27.5 Å². The molecular formula is C32H34F3N3O3. The number of pyridine rings is 1. The van der Waals surface area contributed by atoms with Crippen LogP contribution in [0.3, 0.4) is 0 Å². The first-order valence-electron chi connectivity index (χ1n) is 14.1. The van der Waals surface area contributed by atoms with E-state index in [9.17, 15) is 22.8 Å². The van der Waals surface area contributed by atoms with Crippen LogP contribution in [-0.2, 0) is 10.2 Å². The lowest BCUT2D eigenvalue weighted by molar-refractivity contribution is -0.154. The molecular weight excluding hydrogens is 531 g/mol. The van der Waals surface area contributed by atoms with Crippen molar-refractivity contribution in [2.45, 2.75) is 50.1 Å². The van der Waals surface area contributed by atoms with E-state index in [1.165, 1.54) is 18.3 Å². The Morgan fingerprint density at radius 3 is 2.20 bits per heavy atom. The number of primary amides is 1. The number of halogens is 3. The van der Waals surface area contributed by atoms with Crippen LogP contribution in [0.1, 0.15) is 60.0 Å². The van der Waals surface area contributed by atoms with Gasteiger partial charge in [0, 0.05) is 12.6 Å². The number of amides is 1. The van der Waals surface area contributed by atoms with Crippen LogP contribution < -0.4 is 10.5 Å². The van der Waals surface area contributed by atoms with Crippen LogP contribution in [0.15, 0.2) is 66.9 Å². The van der Waals surface area contributed by atoms with Gasteiger partial charge in [-0.15, -0.1) is 0 Å². The van der Waals surface area contributed by atoms with E-state index in [-0.39, 0.29) is 35.5 Å². The standard InChI is InChI=1S/C32H34F3N3O3/c33-32(34,35)21-41-29-25(10-7-16-37-29)28(39)20-22-13-18-38(19-14-22)17-6-5-15-31(30(36)40)26-11-3-1-8-23(26)24-9-2-4-12-27(24)31/h1-4,7-12,16,22H,5-6,13-15,17-21H2,(H2,36,40). The Kier molecular flexibility index (Phi) is 8.45. The first-order chi connectivity index (χ1) is 19.7. The van der Waals surface area contributed by atoms with Crippen LogP contribution in [0.5, 0.6) is 5.88 Å². The summed E-state index contributed by atoms with van der Waals surface area (Å²) in [6.45, 7) is 1.09. The van der Waals surface area contributed by atoms with Gasteiger partial charge in [-0.25, -0.2) is 4.98 Å². The highest BCUT2D eigenvalue weighted by atomic mass is 19.4. The van der Waals surface area contributed by atoms with Crippen LogP contribution in [0, 0.1) is 5.92 Å². The van der Waals surface area contributed by atoms with E-state index in [0.29, 0.717) is 6.42 Å². The zero-order chi connectivity index (χ0) is 29.0. The van der Waals surface area contributed by atoms with Gasteiger partial charge in [0.05, 0.1) is 11.0 Å². The van der Waals surface area contributed by atoms with E-state index in [1.807, 2.05) is 36.4 Å². The maximum Gasteiger partial charge on any atom is 0.422 e. The first-order valence-corrected chi connectivity index (χ1v) is 14.1. The molecule has 1 aliphatic heterocycles. The summed E-state index contributed by atoms with van der Waals surface area (Å²) in [7, 11) is 0. The Balaban J connectivity index is 1.12. The summed E-state index contributed by atoms with van der Waals surface area (Å²) in [6.07, 6.45) is 1.12. The summed E-state index contributed by atoms with van der Waals surface area (Å²) >= 11 is 0. The maximum atomic E-state index is 13.0. The zero-order valence-corrected chi connectivity index (χ0v) is 22.8. The third kappa shape index (κ3) is 6.15. The number of hydrogen-bond donors (Lipinski definition) is 1. The number of alkyl halides is 3. The Labute approximate surface area is 237 Å². The van der Waals surface area contributed by atoms with Gasteiger partial charge in [0.2, 0.25) is 11.8 Å². The van der Waals surface area contributed by atoms with Crippen molar-refractivity contribution in [3.63, 3.8) is 0 Å². The van der Waals surface area contributed by atoms with Crippen LogP contribution in [0.25, 0.3) is 11.1 Å². The van der Waals surface area contributed by atoms with E-state index in [4.69, 9.17) is 10.5 Å². The Bertz CT molecular complexity index is 1350. The molecule has 0 saturated carbocycles. The number of aromatic nitrogens is 1. The number of rotatable bonds is 11. The van der Waals surface area contributed by atoms with Crippen LogP contribution in [0.4, 0.5) is 13.2 Å². The molecule has 0 atom stereocenters. The number of nitrogens with zero attached hydrogens (tertiary/aromatic N) is 2. The van der Waals surface area contributed by atoms with Gasteiger partial charge in [0.15, 0.2) is 12.4 Å². The van der Waals surface area contributed by atoms with Crippen LogP contribution in [0.2, 0.25) is 0 Å². The highest BCUT2D eigenvalue weighted by Gasteiger charge is 2.47. The van der Waals surface area contributed by atoms with Crippen molar-refractivity contribution in [1.82, 2.24) is 9.88 Å². The van der Waals surface area contributed by atoms with E-state index >= 15 is 0 Å². The summed E-state index contributed by atoms with van der Waals surface area (Å²) in [5, 5.41) is 0. The number of likely N-dealkylation sites (tertiary alicyclic amines) is 1. The second kappa shape index (κ2) is 12.0. The predicted molar refractivity (Wildman–Crippen MR) is 150 cm³/mol. The number of carbonyl (C=O) groups excluding carboxylic acids is 2. The molecule has 1 aliphatic carbocycles. The zero-order valence-electron chi connectivity index (χ0n) is 22.8. The summed E-state index contributed by atoms with van der Waals surface area (Å²) in [4.78, 5) is 32.1. The molecule has 0 unspecified atom stereocenters. The average Bonchev–Trinajstić information content (AvgIpc) is 3.26. The molecule has 2 N–H and O–H groups in total. The van der Waals surface area contributed by atoms with E-state index in [1.54, 1.807) is 0 Å². The van der Waals surface area contributed by atoms with Gasteiger partial charge in [0.1, 0.15) is 0 Å². The normalized spacial score (nSPS) is 16.7. The van der Waals surface area contributed by atoms with Gasteiger partial charge in [-0.05, 0) is 85.6 Å². The highest BCUT2D eigenvalue weighted by Crippen LogP contribution is 2.51. The molecule has 2 aromatic carbocycles. The van der Waals surface area contributed by atoms with Crippen molar-refractivity contribution in [1.29, 1.82) is 0 Å². The SMILES string of the molecule is NC(=O)C1(CCCCN2CCC(CC(=O)c3cccnc3OCC(F)(F)F)CC2)c2ccccc2-c2ccccc21. The van der Waals surface area contributed by atoms with Crippen molar-refractivity contribution >= 4 is 11.7 Å². The fourth-order valence-corrected chi connectivity index (χ4v) is 6.36. The highest BCUT2D eigenvalue weighted by molar-refractivity contribution is 6.00. The van der Waals surface area contributed by atoms with Crippen molar-refractivity contribution in [2.75, 3.05) is 26.2 Å². The molecule has 1 amide bonds. The van der Waals surface area contributed by atoms with E-state index in [2.05, 4.69) is 22.0 Å². The molecule has 9 heteroatoms. The third-order valence-corrected chi connectivity index (χ3v) is 8.39. The molecule has 1 fully saturated rings. The number of fused-ring (bicyclic) bond motifs is 3.